The zero-order valence-corrected chi connectivity index (χ0v) is 7.87. The second-order valence-corrected chi connectivity index (χ2v) is 2.86. The second-order valence-electron chi connectivity index (χ2n) is 2.86. The average Bonchev–Trinajstić information content (AvgIpc) is 2.20. The van der Waals surface area contributed by atoms with Crippen LogP contribution in [0.5, 0.6) is 5.75 Å². The van der Waals surface area contributed by atoms with Gasteiger partial charge in [-0.3, -0.25) is 0 Å². The number of benzene rings is 1. The Hall–Kier alpha value is -1.13. The summed E-state index contributed by atoms with van der Waals surface area (Å²) in [6.07, 6.45) is 0.484. The van der Waals surface area contributed by atoms with Gasteiger partial charge in [-0.15, -0.1) is 0 Å². The predicted octanol–water partition coefficient (Wildman–Crippen LogP) is 1.05. The maximum absolute atomic E-state index is 13.2. The molecule has 0 aliphatic carbocycles. The van der Waals surface area contributed by atoms with Crippen LogP contribution in [0.3, 0.4) is 0 Å². The van der Waals surface area contributed by atoms with Crippen molar-refractivity contribution in [2.24, 2.45) is 5.73 Å². The van der Waals surface area contributed by atoms with Crippen LogP contribution in [-0.2, 0) is 6.54 Å². The molecule has 0 atom stereocenters. The molecule has 0 aliphatic heterocycles. The van der Waals surface area contributed by atoms with E-state index in [4.69, 9.17) is 15.6 Å². The van der Waals surface area contributed by atoms with Gasteiger partial charge in [0.2, 0.25) is 0 Å². The van der Waals surface area contributed by atoms with Crippen molar-refractivity contribution >= 4 is 0 Å². The summed E-state index contributed by atoms with van der Waals surface area (Å²) in [5.74, 6) is -0.214. The first kappa shape index (κ1) is 10.9. The van der Waals surface area contributed by atoms with E-state index < -0.39 is 5.82 Å². The van der Waals surface area contributed by atoms with Crippen molar-refractivity contribution in [3.05, 3.63) is 29.6 Å². The summed E-state index contributed by atoms with van der Waals surface area (Å²) >= 11 is 0. The molecule has 0 spiro atoms. The summed E-state index contributed by atoms with van der Waals surface area (Å²) in [4.78, 5) is 0. The lowest BCUT2D eigenvalue weighted by molar-refractivity contribution is 0.227. The molecule has 78 valence electrons. The van der Waals surface area contributed by atoms with Crippen LogP contribution in [0.4, 0.5) is 4.39 Å². The number of halogens is 1. The van der Waals surface area contributed by atoms with Crippen molar-refractivity contribution in [1.82, 2.24) is 0 Å². The number of para-hydroxylation sites is 1. The molecule has 0 amide bonds. The van der Waals surface area contributed by atoms with Gasteiger partial charge in [0.05, 0.1) is 6.61 Å². The molecular formula is C10H14FNO2. The van der Waals surface area contributed by atoms with E-state index in [2.05, 4.69) is 0 Å². The highest BCUT2D eigenvalue weighted by Crippen LogP contribution is 2.22. The Morgan fingerprint density at radius 1 is 1.43 bits per heavy atom. The van der Waals surface area contributed by atoms with Gasteiger partial charge in [0.15, 0.2) is 11.6 Å². The molecule has 1 aromatic rings. The van der Waals surface area contributed by atoms with Gasteiger partial charge < -0.3 is 15.6 Å². The number of nitrogens with two attached hydrogens (primary N) is 1. The van der Waals surface area contributed by atoms with Crippen LogP contribution in [0.2, 0.25) is 0 Å². The fourth-order valence-corrected chi connectivity index (χ4v) is 1.11. The van der Waals surface area contributed by atoms with Gasteiger partial charge in [0.1, 0.15) is 0 Å². The van der Waals surface area contributed by atoms with Crippen molar-refractivity contribution in [1.29, 1.82) is 0 Å². The van der Waals surface area contributed by atoms with Crippen LogP contribution in [0, 0.1) is 5.82 Å². The third kappa shape index (κ3) is 2.68. The summed E-state index contributed by atoms with van der Waals surface area (Å²) in [6.45, 7) is 0.572. The van der Waals surface area contributed by atoms with Gasteiger partial charge in [0, 0.05) is 25.1 Å². The first-order valence-electron chi connectivity index (χ1n) is 4.50. The van der Waals surface area contributed by atoms with Gasteiger partial charge in [-0.2, -0.15) is 0 Å². The molecule has 4 heteroatoms. The molecule has 0 bridgehead atoms. The molecule has 1 rings (SSSR count). The summed E-state index contributed by atoms with van der Waals surface area (Å²) in [6, 6.07) is 4.64. The quantitative estimate of drug-likeness (QED) is 0.697. The van der Waals surface area contributed by atoms with Crippen molar-refractivity contribution in [2.75, 3.05) is 13.2 Å². The molecule has 3 nitrogen and oxygen atoms in total. The number of aliphatic hydroxyl groups is 1. The lowest BCUT2D eigenvalue weighted by Crippen LogP contribution is -2.06. The monoisotopic (exact) mass is 199 g/mol. The van der Waals surface area contributed by atoms with E-state index in [9.17, 15) is 4.39 Å². The van der Waals surface area contributed by atoms with E-state index in [1.807, 2.05) is 0 Å². The zero-order chi connectivity index (χ0) is 10.4. The Bertz CT molecular complexity index is 291. The first-order chi connectivity index (χ1) is 6.79. The van der Waals surface area contributed by atoms with Crippen molar-refractivity contribution in [3.8, 4) is 5.75 Å². The van der Waals surface area contributed by atoms with Crippen molar-refractivity contribution in [3.63, 3.8) is 0 Å². The molecule has 1 aromatic carbocycles. The van der Waals surface area contributed by atoms with Crippen LogP contribution >= 0.6 is 0 Å². The highest BCUT2D eigenvalue weighted by molar-refractivity contribution is 5.34. The Labute approximate surface area is 82.3 Å². The van der Waals surface area contributed by atoms with E-state index in [1.54, 1.807) is 12.1 Å². The van der Waals surface area contributed by atoms with Crippen LogP contribution in [0.1, 0.15) is 12.0 Å². The molecule has 14 heavy (non-hydrogen) atoms. The number of hydrogen-bond acceptors (Lipinski definition) is 3. The SMILES string of the molecule is NCc1cccc(F)c1OCCCO. The number of ether oxygens (including phenoxy) is 1. The van der Waals surface area contributed by atoms with Gasteiger partial charge in [-0.1, -0.05) is 12.1 Å². The molecular weight excluding hydrogens is 185 g/mol. The smallest absolute Gasteiger partial charge is 0.165 e. The summed E-state index contributed by atoms with van der Waals surface area (Å²) in [5.41, 5.74) is 6.07. The van der Waals surface area contributed by atoms with Crippen LogP contribution in [0.25, 0.3) is 0 Å². The van der Waals surface area contributed by atoms with E-state index in [0.717, 1.165) is 0 Å². The normalized spacial score (nSPS) is 10.2. The molecule has 0 saturated heterocycles. The molecule has 0 aliphatic rings. The first-order valence-corrected chi connectivity index (χ1v) is 4.50. The maximum atomic E-state index is 13.2. The Balaban J connectivity index is 2.72. The van der Waals surface area contributed by atoms with E-state index in [-0.39, 0.29) is 18.9 Å². The highest BCUT2D eigenvalue weighted by Gasteiger charge is 2.07. The maximum Gasteiger partial charge on any atom is 0.165 e. The van der Waals surface area contributed by atoms with Gasteiger partial charge in [-0.25, -0.2) is 4.39 Å². The minimum atomic E-state index is -0.411. The van der Waals surface area contributed by atoms with Crippen molar-refractivity contribution in [2.45, 2.75) is 13.0 Å². The minimum absolute atomic E-state index is 0.0341. The summed E-state index contributed by atoms with van der Waals surface area (Å²) in [7, 11) is 0. The predicted molar refractivity (Wildman–Crippen MR) is 51.5 cm³/mol. The van der Waals surface area contributed by atoms with Gasteiger partial charge in [0.25, 0.3) is 0 Å². The molecule has 0 saturated carbocycles. The van der Waals surface area contributed by atoms with Crippen LogP contribution in [-0.4, -0.2) is 18.3 Å². The summed E-state index contributed by atoms with van der Waals surface area (Å²) < 4.78 is 18.4. The van der Waals surface area contributed by atoms with Gasteiger partial charge in [-0.05, 0) is 6.07 Å². The molecule has 0 heterocycles. The zero-order valence-electron chi connectivity index (χ0n) is 7.87. The number of rotatable bonds is 5. The molecule has 0 radical (unpaired) electrons. The lowest BCUT2D eigenvalue weighted by atomic mass is 10.2. The molecule has 0 fully saturated rings. The average molecular weight is 199 g/mol. The standard InChI is InChI=1S/C10H14FNO2/c11-9-4-1-3-8(7-12)10(9)14-6-2-5-13/h1,3-4,13H,2,5-7,12H2. The largest absolute Gasteiger partial charge is 0.490 e. The third-order valence-corrected chi connectivity index (χ3v) is 1.82. The van der Waals surface area contributed by atoms with Crippen molar-refractivity contribution < 1.29 is 14.2 Å². The fraction of sp³-hybridized carbons (Fsp3) is 0.400. The van der Waals surface area contributed by atoms with E-state index >= 15 is 0 Å². The molecule has 0 aromatic heterocycles. The third-order valence-electron chi connectivity index (χ3n) is 1.82. The molecule has 0 unspecified atom stereocenters. The van der Waals surface area contributed by atoms with E-state index in [1.165, 1.54) is 6.07 Å². The fourth-order valence-electron chi connectivity index (χ4n) is 1.11. The number of aliphatic hydroxyl groups excluding tert-OH is 1. The Morgan fingerprint density at radius 3 is 2.86 bits per heavy atom. The minimum Gasteiger partial charge on any atom is -0.490 e. The lowest BCUT2D eigenvalue weighted by Gasteiger charge is -2.10. The van der Waals surface area contributed by atoms with E-state index in [0.29, 0.717) is 18.6 Å². The Morgan fingerprint density at radius 2 is 2.21 bits per heavy atom. The highest BCUT2D eigenvalue weighted by atomic mass is 19.1. The topological polar surface area (TPSA) is 55.5 Å². The molecule has 3 N–H and O–H groups in total. The Kier molecular flexibility index (Phi) is 4.35. The van der Waals surface area contributed by atoms with Crippen LogP contribution in [0.15, 0.2) is 18.2 Å². The summed E-state index contributed by atoms with van der Waals surface area (Å²) in [5, 5.41) is 8.54. The second kappa shape index (κ2) is 5.57. The number of hydrogen-bond donors (Lipinski definition) is 2. The van der Waals surface area contributed by atoms with Gasteiger partial charge >= 0.3 is 0 Å². The van der Waals surface area contributed by atoms with Crippen LogP contribution < -0.4 is 10.5 Å².